The summed E-state index contributed by atoms with van der Waals surface area (Å²) in [5.74, 6) is -0.277. The van der Waals surface area contributed by atoms with Crippen LogP contribution in [0.15, 0.2) is 34.8 Å². The van der Waals surface area contributed by atoms with E-state index in [-0.39, 0.29) is 11.7 Å². The van der Waals surface area contributed by atoms with E-state index >= 15 is 0 Å². The van der Waals surface area contributed by atoms with Crippen LogP contribution < -0.4 is 0 Å². The Balaban J connectivity index is 1.93. The molecule has 1 heterocycles. The first-order valence-corrected chi connectivity index (χ1v) is 10.7. The molecule has 0 atom stereocenters. The molecule has 0 aliphatic carbocycles. The van der Waals surface area contributed by atoms with Crippen LogP contribution >= 0.6 is 15.9 Å². The van der Waals surface area contributed by atoms with Gasteiger partial charge in [-0.2, -0.15) is 0 Å². The second kappa shape index (κ2) is 8.47. The van der Waals surface area contributed by atoms with Crippen LogP contribution in [0.3, 0.4) is 0 Å². The van der Waals surface area contributed by atoms with Crippen molar-refractivity contribution in [1.29, 1.82) is 0 Å². The highest BCUT2D eigenvalue weighted by molar-refractivity contribution is 9.10. The Kier molecular flexibility index (Phi) is 6.82. The number of halogens is 1. The number of hydrogen-bond acceptors (Lipinski definition) is 4. The van der Waals surface area contributed by atoms with Crippen LogP contribution in [0, 0.1) is 5.41 Å². The zero-order valence-corrected chi connectivity index (χ0v) is 17.0. The van der Waals surface area contributed by atoms with Gasteiger partial charge in [0, 0.05) is 17.6 Å². The maximum absolute atomic E-state index is 12.5. The number of sulfonamides is 1. The molecule has 0 aromatic heterocycles. The lowest BCUT2D eigenvalue weighted by Crippen LogP contribution is -2.46. The monoisotopic (exact) mass is 429 g/mol. The van der Waals surface area contributed by atoms with Crippen molar-refractivity contribution in [2.75, 3.05) is 25.4 Å². The Bertz CT molecular complexity index is 720. The van der Waals surface area contributed by atoms with Gasteiger partial charge in [-0.25, -0.2) is 12.7 Å². The molecule has 0 N–H and O–H groups in total. The molecule has 1 aromatic carbocycles. The van der Waals surface area contributed by atoms with Crippen LogP contribution in [0.4, 0.5) is 0 Å². The van der Waals surface area contributed by atoms with Crippen molar-refractivity contribution >= 4 is 38.0 Å². The standard InChI is InChI=1S/C18H24BrNO4S/c1-3-24-17(21)18(2)10-12-20(13-11-18)25(22,23)14-4-5-15-6-8-16(19)9-7-15/h4-9H,3,10-14H2,1-2H3. The van der Waals surface area contributed by atoms with E-state index in [1.54, 1.807) is 19.1 Å². The van der Waals surface area contributed by atoms with Gasteiger partial charge in [-0.15, -0.1) is 0 Å². The highest BCUT2D eigenvalue weighted by Crippen LogP contribution is 2.33. The van der Waals surface area contributed by atoms with E-state index in [1.165, 1.54) is 4.31 Å². The van der Waals surface area contributed by atoms with Crippen molar-refractivity contribution in [2.24, 2.45) is 5.41 Å². The minimum Gasteiger partial charge on any atom is -0.466 e. The Morgan fingerprint density at radius 1 is 1.28 bits per heavy atom. The van der Waals surface area contributed by atoms with E-state index in [9.17, 15) is 13.2 Å². The highest BCUT2D eigenvalue weighted by atomic mass is 79.9. The van der Waals surface area contributed by atoms with Gasteiger partial charge in [-0.1, -0.05) is 40.2 Å². The van der Waals surface area contributed by atoms with Crippen LogP contribution in [0.5, 0.6) is 0 Å². The molecule has 1 saturated heterocycles. The molecule has 138 valence electrons. The number of carbonyl (C=O) groups excluding carboxylic acids is 1. The molecule has 25 heavy (non-hydrogen) atoms. The molecule has 2 rings (SSSR count). The van der Waals surface area contributed by atoms with Gasteiger partial charge in [-0.3, -0.25) is 4.79 Å². The first kappa shape index (κ1) is 20.1. The van der Waals surface area contributed by atoms with Gasteiger partial charge in [0.25, 0.3) is 0 Å². The number of piperidine rings is 1. The van der Waals surface area contributed by atoms with E-state index in [2.05, 4.69) is 15.9 Å². The zero-order valence-electron chi connectivity index (χ0n) is 14.6. The summed E-state index contributed by atoms with van der Waals surface area (Å²) in [4.78, 5) is 12.0. The molecule has 0 radical (unpaired) electrons. The lowest BCUT2D eigenvalue weighted by molar-refractivity contribution is -0.156. The van der Waals surface area contributed by atoms with E-state index in [1.807, 2.05) is 31.2 Å². The van der Waals surface area contributed by atoms with Crippen LogP contribution in [-0.4, -0.2) is 44.1 Å². The minimum atomic E-state index is -3.36. The predicted octanol–water partition coefficient (Wildman–Crippen LogP) is 3.46. The Hall–Kier alpha value is -1.18. The average molecular weight is 430 g/mol. The lowest BCUT2D eigenvalue weighted by atomic mass is 9.81. The third-order valence-electron chi connectivity index (χ3n) is 4.47. The number of hydrogen-bond donors (Lipinski definition) is 0. The summed E-state index contributed by atoms with van der Waals surface area (Å²) in [6, 6.07) is 7.65. The summed E-state index contributed by atoms with van der Waals surface area (Å²) in [5.41, 5.74) is 0.363. The number of esters is 1. The molecule has 7 heteroatoms. The number of nitrogens with zero attached hydrogens (tertiary/aromatic N) is 1. The second-order valence-electron chi connectivity index (χ2n) is 6.41. The van der Waals surface area contributed by atoms with E-state index in [0.29, 0.717) is 32.5 Å². The van der Waals surface area contributed by atoms with E-state index in [0.717, 1.165) is 10.0 Å². The molecule has 0 spiro atoms. The minimum absolute atomic E-state index is 0.0425. The van der Waals surface area contributed by atoms with Gasteiger partial charge in [0.2, 0.25) is 10.0 Å². The van der Waals surface area contributed by atoms with Crippen molar-refractivity contribution in [1.82, 2.24) is 4.31 Å². The SMILES string of the molecule is CCOC(=O)C1(C)CCN(S(=O)(=O)CC=Cc2ccc(Br)cc2)CC1. The molecule has 0 saturated carbocycles. The molecule has 1 fully saturated rings. The molecule has 1 aliphatic heterocycles. The first-order chi connectivity index (χ1) is 11.8. The van der Waals surface area contributed by atoms with Crippen LogP contribution in [0.2, 0.25) is 0 Å². The van der Waals surface area contributed by atoms with Crippen LogP contribution in [0.25, 0.3) is 6.08 Å². The Morgan fingerprint density at radius 3 is 2.44 bits per heavy atom. The molecule has 1 aliphatic rings. The summed E-state index contributed by atoms with van der Waals surface area (Å²) in [7, 11) is -3.36. The van der Waals surface area contributed by atoms with Gasteiger partial charge >= 0.3 is 5.97 Å². The Morgan fingerprint density at radius 2 is 1.88 bits per heavy atom. The van der Waals surface area contributed by atoms with Gasteiger partial charge in [-0.05, 0) is 44.4 Å². The molecular formula is C18H24BrNO4S. The first-order valence-electron chi connectivity index (χ1n) is 8.34. The fraction of sp³-hybridized carbons (Fsp3) is 0.500. The number of carbonyl (C=O) groups is 1. The zero-order chi connectivity index (χ0) is 18.5. The quantitative estimate of drug-likeness (QED) is 0.649. The maximum Gasteiger partial charge on any atom is 0.311 e. The van der Waals surface area contributed by atoms with Crippen LogP contribution in [-0.2, 0) is 19.6 Å². The topological polar surface area (TPSA) is 63.7 Å². The second-order valence-corrected chi connectivity index (χ2v) is 9.34. The van der Waals surface area contributed by atoms with Crippen LogP contribution in [0.1, 0.15) is 32.3 Å². The number of benzene rings is 1. The maximum atomic E-state index is 12.5. The molecule has 0 unspecified atom stereocenters. The fourth-order valence-electron chi connectivity index (χ4n) is 2.75. The smallest absolute Gasteiger partial charge is 0.311 e. The van der Waals surface area contributed by atoms with Crippen molar-refractivity contribution in [3.8, 4) is 0 Å². The number of ether oxygens (including phenoxy) is 1. The van der Waals surface area contributed by atoms with Gasteiger partial charge in [0.05, 0.1) is 17.8 Å². The number of rotatable bonds is 6. The summed E-state index contributed by atoms with van der Waals surface area (Å²) in [6.45, 7) is 4.67. The van der Waals surface area contributed by atoms with Gasteiger partial charge in [0.1, 0.15) is 0 Å². The molecule has 5 nitrogen and oxygen atoms in total. The molecular weight excluding hydrogens is 406 g/mol. The fourth-order valence-corrected chi connectivity index (χ4v) is 4.31. The highest BCUT2D eigenvalue weighted by Gasteiger charge is 2.40. The average Bonchev–Trinajstić information content (AvgIpc) is 2.57. The van der Waals surface area contributed by atoms with Crippen molar-refractivity contribution in [3.05, 3.63) is 40.4 Å². The normalized spacial score (nSPS) is 18.4. The van der Waals surface area contributed by atoms with Crippen molar-refractivity contribution in [2.45, 2.75) is 26.7 Å². The Labute approximate surface area is 158 Å². The van der Waals surface area contributed by atoms with Crippen molar-refractivity contribution < 1.29 is 17.9 Å². The summed E-state index contributed by atoms with van der Waals surface area (Å²) in [5, 5.41) is 0. The molecule has 1 aromatic rings. The largest absolute Gasteiger partial charge is 0.466 e. The van der Waals surface area contributed by atoms with Crippen molar-refractivity contribution in [3.63, 3.8) is 0 Å². The third-order valence-corrected chi connectivity index (χ3v) is 6.77. The van der Waals surface area contributed by atoms with Gasteiger partial charge in [0.15, 0.2) is 0 Å². The summed E-state index contributed by atoms with van der Waals surface area (Å²) in [6.07, 6.45) is 4.44. The van der Waals surface area contributed by atoms with Gasteiger partial charge < -0.3 is 4.74 Å². The lowest BCUT2D eigenvalue weighted by Gasteiger charge is -2.36. The third kappa shape index (κ3) is 5.39. The summed E-state index contributed by atoms with van der Waals surface area (Å²) >= 11 is 3.37. The molecule has 0 amide bonds. The molecule has 0 bridgehead atoms. The predicted molar refractivity (Wildman–Crippen MR) is 103 cm³/mol. The van der Waals surface area contributed by atoms with E-state index in [4.69, 9.17) is 4.74 Å². The van der Waals surface area contributed by atoms with E-state index < -0.39 is 15.4 Å². The summed E-state index contributed by atoms with van der Waals surface area (Å²) < 4.78 is 32.5.